The number of Topliss-reactive ketones (excluding diaryl/α,β-unsaturated/α-hetero) is 1. The van der Waals surface area contributed by atoms with E-state index < -0.39 is 29.7 Å². The highest BCUT2D eigenvalue weighted by molar-refractivity contribution is 6.12. The van der Waals surface area contributed by atoms with E-state index in [-0.39, 0.29) is 18.3 Å². The highest BCUT2D eigenvalue weighted by Gasteiger charge is 2.47. The Balaban J connectivity index is 2.17. The van der Waals surface area contributed by atoms with Crippen LogP contribution in [-0.4, -0.2) is 44.5 Å². The van der Waals surface area contributed by atoms with Crippen LogP contribution in [0.25, 0.3) is 0 Å². The molecule has 1 aliphatic carbocycles. The number of methoxy groups -OCH3 is 2. The molecule has 0 saturated heterocycles. The van der Waals surface area contributed by atoms with E-state index in [2.05, 4.69) is 5.32 Å². The van der Waals surface area contributed by atoms with Crippen molar-refractivity contribution in [2.24, 2.45) is 11.8 Å². The molecule has 1 aromatic carbocycles. The first kappa shape index (κ1) is 23.2. The second-order valence-corrected chi connectivity index (χ2v) is 7.87. The minimum atomic E-state index is -0.959. The molecule has 2 aliphatic rings. The van der Waals surface area contributed by atoms with Crippen molar-refractivity contribution in [2.45, 2.75) is 33.1 Å². The Bertz CT molecular complexity index is 1020. The van der Waals surface area contributed by atoms with Crippen LogP contribution < -0.4 is 5.32 Å². The van der Waals surface area contributed by atoms with E-state index in [1.165, 1.54) is 14.2 Å². The fraction of sp³-hybridized carbons (Fsp3) is 0.417. The van der Waals surface area contributed by atoms with Crippen molar-refractivity contribution in [3.63, 3.8) is 0 Å². The van der Waals surface area contributed by atoms with E-state index in [0.29, 0.717) is 40.1 Å². The molecule has 0 spiro atoms. The summed E-state index contributed by atoms with van der Waals surface area (Å²) in [6.07, 6.45) is 0.449. The van der Waals surface area contributed by atoms with Crippen LogP contribution in [0.15, 0.2) is 46.8 Å². The van der Waals surface area contributed by atoms with Crippen LogP contribution in [0.4, 0.5) is 0 Å². The lowest BCUT2D eigenvalue weighted by atomic mass is 9.69. The minimum absolute atomic E-state index is 0.172. The minimum Gasteiger partial charge on any atom is -0.468 e. The van der Waals surface area contributed by atoms with E-state index in [1.807, 2.05) is 6.92 Å². The predicted octanol–water partition coefficient (Wildman–Crippen LogP) is 2.65. The second-order valence-electron chi connectivity index (χ2n) is 7.87. The Morgan fingerprint density at radius 3 is 2.28 bits per heavy atom. The number of benzene rings is 1. The fourth-order valence-electron chi connectivity index (χ4n) is 4.42. The molecule has 1 heterocycles. The van der Waals surface area contributed by atoms with Gasteiger partial charge in [-0.2, -0.15) is 0 Å². The van der Waals surface area contributed by atoms with Crippen molar-refractivity contribution in [3.05, 3.63) is 57.9 Å². The van der Waals surface area contributed by atoms with Crippen LogP contribution >= 0.6 is 0 Å². The number of nitrogens with one attached hydrogen (secondary N) is 1. The molecule has 170 valence electrons. The summed E-state index contributed by atoms with van der Waals surface area (Å²) in [6.45, 7) is 5.46. The van der Waals surface area contributed by atoms with E-state index in [4.69, 9.17) is 14.2 Å². The number of esters is 3. The first-order valence-electron chi connectivity index (χ1n) is 10.4. The maximum Gasteiger partial charge on any atom is 0.337 e. The van der Waals surface area contributed by atoms with Gasteiger partial charge < -0.3 is 19.5 Å². The Hall–Kier alpha value is -3.42. The molecule has 8 nitrogen and oxygen atoms in total. The molecule has 0 bridgehead atoms. The summed E-state index contributed by atoms with van der Waals surface area (Å²) in [6, 6.07) is 6.51. The first-order valence-corrected chi connectivity index (χ1v) is 10.4. The van der Waals surface area contributed by atoms with Gasteiger partial charge in [-0.3, -0.25) is 9.59 Å². The summed E-state index contributed by atoms with van der Waals surface area (Å²) in [4.78, 5) is 50.7. The average Bonchev–Trinajstić information content (AvgIpc) is 2.77. The van der Waals surface area contributed by atoms with Crippen molar-refractivity contribution < 1.29 is 33.4 Å². The van der Waals surface area contributed by atoms with Crippen LogP contribution in [-0.2, 0) is 28.6 Å². The number of dihydropyridines is 1. The Morgan fingerprint density at radius 1 is 1.06 bits per heavy atom. The van der Waals surface area contributed by atoms with Gasteiger partial charge in [0.25, 0.3) is 0 Å². The molecular formula is C24H27NO7. The predicted molar refractivity (Wildman–Crippen MR) is 114 cm³/mol. The summed E-state index contributed by atoms with van der Waals surface area (Å²) in [5.41, 5.74) is 2.87. The van der Waals surface area contributed by atoms with Crippen molar-refractivity contribution >= 4 is 23.7 Å². The number of carbonyl (C=O) groups is 4. The SMILES string of the molecule is CCOC(=O)C1=C(C)NC2=C(C(=O)[C@H](C(=O)OC)[C@H](C)C2)[C@@H]1c1ccc(C(=O)OC)cc1. The molecule has 1 aromatic rings. The van der Waals surface area contributed by atoms with Crippen LogP contribution in [0, 0.1) is 11.8 Å². The Morgan fingerprint density at radius 2 is 1.72 bits per heavy atom. The lowest BCUT2D eigenvalue weighted by molar-refractivity contribution is -0.151. The standard InChI is InChI=1S/C24H27NO7/c1-6-32-24(29)18-13(3)25-16-11-12(2)17(23(28)31-5)21(26)20(16)19(18)14-7-9-15(10-8-14)22(27)30-4/h7-10,12,17,19,25H,6,11H2,1-5H3/t12-,17-,19-/m1/s1. The third kappa shape index (κ3) is 4.04. The van der Waals surface area contributed by atoms with Gasteiger partial charge in [0.1, 0.15) is 5.92 Å². The van der Waals surface area contributed by atoms with Crippen LogP contribution in [0.2, 0.25) is 0 Å². The zero-order valence-corrected chi connectivity index (χ0v) is 18.8. The third-order valence-electron chi connectivity index (χ3n) is 5.90. The Labute approximate surface area is 186 Å². The maximum absolute atomic E-state index is 13.6. The van der Waals surface area contributed by atoms with E-state index in [1.54, 1.807) is 38.1 Å². The van der Waals surface area contributed by atoms with Gasteiger partial charge in [0.05, 0.1) is 32.0 Å². The molecule has 1 aliphatic heterocycles. The van der Waals surface area contributed by atoms with Crippen molar-refractivity contribution in [1.82, 2.24) is 5.32 Å². The summed E-state index contributed by atoms with van der Waals surface area (Å²) in [7, 11) is 2.54. The second kappa shape index (κ2) is 9.38. The van der Waals surface area contributed by atoms with E-state index >= 15 is 0 Å². The van der Waals surface area contributed by atoms with Crippen molar-refractivity contribution in [1.29, 1.82) is 0 Å². The first-order chi connectivity index (χ1) is 15.2. The average molecular weight is 441 g/mol. The quantitative estimate of drug-likeness (QED) is 0.422. The Kier molecular flexibility index (Phi) is 6.81. The number of rotatable bonds is 5. The third-order valence-corrected chi connectivity index (χ3v) is 5.90. The molecule has 0 saturated carbocycles. The number of ketones is 1. The van der Waals surface area contributed by atoms with Crippen molar-refractivity contribution in [3.8, 4) is 0 Å². The van der Waals surface area contributed by atoms with Gasteiger partial charge in [-0.25, -0.2) is 9.59 Å². The van der Waals surface area contributed by atoms with Gasteiger partial charge in [-0.05, 0) is 43.9 Å². The van der Waals surface area contributed by atoms with Gasteiger partial charge in [0.15, 0.2) is 5.78 Å². The lowest BCUT2D eigenvalue weighted by Gasteiger charge is -2.38. The summed E-state index contributed by atoms with van der Waals surface area (Å²) < 4.78 is 14.9. The molecule has 0 unspecified atom stereocenters. The molecule has 8 heteroatoms. The van der Waals surface area contributed by atoms with E-state index in [9.17, 15) is 19.2 Å². The monoisotopic (exact) mass is 441 g/mol. The molecule has 32 heavy (non-hydrogen) atoms. The number of allylic oxidation sites excluding steroid dienone is 3. The topological polar surface area (TPSA) is 108 Å². The molecule has 0 radical (unpaired) electrons. The largest absolute Gasteiger partial charge is 0.468 e. The van der Waals surface area contributed by atoms with Crippen LogP contribution in [0.3, 0.4) is 0 Å². The zero-order valence-electron chi connectivity index (χ0n) is 18.8. The molecular weight excluding hydrogens is 414 g/mol. The summed E-state index contributed by atoms with van der Waals surface area (Å²) in [5.74, 6) is -3.99. The fourth-order valence-corrected chi connectivity index (χ4v) is 4.42. The summed E-state index contributed by atoms with van der Waals surface area (Å²) >= 11 is 0. The van der Waals surface area contributed by atoms with Crippen LogP contribution in [0.5, 0.6) is 0 Å². The van der Waals surface area contributed by atoms with Gasteiger partial charge >= 0.3 is 17.9 Å². The maximum atomic E-state index is 13.6. The lowest BCUT2D eigenvalue weighted by Crippen LogP contribution is -2.43. The van der Waals surface area contributed by atoms with Gasteiger partial charge in [0.2, 0.25) is 0 Å². The van der Waals surface area contributed by atoms with E-state index in [0.717, 1.165) is 0 Å². The van der Waals surface area contributed by atoms with Gasteiger partial charge in [-0.1, -0.05) is 19.1 Å². The zero-order chi connectivity index (χ0) is 23.6. The highest BCUT2D eigenvalue weighted by atomic mass is 16.5. The smallest absolute Gasteiger partial charge is 0.337 e. The molecule has 1 N–H and O–H groups in total. The molecule has 0 fully saturated rings. The normalized spacial score (nSPS) is 22.7. The number of carbonyl (C=O) groups excluding carboxylic acids is 4. The number of hydrogen-bond acceptors (Lipinski definition) is 8. The molecule has 0 aromatic heterocycles. The van der Waals surface area contributed by atoms with Crippen molar-refractivity contribution in [2.75, 3.05) is 20.8 Å². The highest BCUT2D eigenvalue weighted by Crippen LogP contribution is 2.45. The molecule has 3 atom stereocenters. The molecule has 3 rings (SSSR count). The summed E-state index contributed by atoms with van der Waals surface area (Å²) in [5, 5.41) is 3.20. The van der Waals surface area contributed by atoms with Gasteiger partial charge in [-0.15, -0.1) is 0 Å². The number of hydrogen-bond donors (Lipinski definition) is 1. The number of ether oxygens (including phenoxy) is 3. The molecule has 0 amide bonds. The van der Waals surface area contributed by atoms with Gasteiger partial charge in [0, 0.05) is 22.9 Å². The van der Waals surface area contributed by atoms with Crippen LogP contribution in [0.1, 0.15) is 49.0 Å².